The van der Waals surface area contributed by atoms with Gasteiger partial charge in [-0.2, -0.15) is 0 Å². The highest BCUT2D eigenvalue weighted by molar-refractivity contribution is 5.01. The average Bonchev–Trinajstić information content (AvgIpc) is 2.35. The van der Waals surface area contributed by atoms with Gasteiger partial charge in [-0.1, -0.05) is 0 Å². The summed E-state index contributed by atoms with van der Waals surface area (Å²) in [6.45, 7) is 4.15. The molecule has 0 atom stereocenters. The maximum Gasteiger partial charge on any atom is 0.117 e. The summed E-state index contributed by atoms with van der Waals surface area (Å²) in [5, 5.41) is 9.44. The van der Waals surface area contributed by atoms with Gasteiger partial charge in [0, 0.05) is 13.1 Å². The van der Waals surface area contributed by atoms with E-state index in [4.69, 9.17) is 4.42 Å². The number of rotatable bonds is 2. The maximum atomic E-state index is 9.44. The summed E-state index contributed by atoms with van der Waals surface area (Å²) < 4.78 is 5.18. The predicted molar refractivity (Wildman–Crippen MR) is 44.6 cm³/mol. The molecule has 0 saturated carbocycles. The Morgan fingerprint density at radius 2 is 2.42 bits per heavy atom. The largest absolute Gasteiger partial charge is 0.468 e. The number of hydrogen-bond donors (Lipinski definition) is 1. The van der Waals surface area contributed by atoms with Crippen molar-refractivity contribution in [1.29, 1.82) is 0 Å². The Labute approximate surface area is 71.6 Å². The second-order valence-electron chi connectivity index (χ2n) is 3.72. The van der Waals surface area contributed by atoms with Crippen molar-refractivity contribution in [1.82, 2.24) is 4.90 Å². The third-order valence-corrected chi connectivity index (χ3v) is 2.09. The summed E-state index contributed by atoms with van der Waals surface area (Å²) in [7, 11) is 0. The summed E-state index contributed by atoms with van der Waals surface area (Å²) in [6, 6.07) is 3.83. The van der Waals surface area contributed by atoms with Gasteiger partial charge in [0.1, 0.15) is 5.76 Å². The van der Waals surface area contributed by atoms with Crippen molar-refractivity contribution in [3.8, 4) is 0 Å². The van der Waals surface area contributed by atoms with E-state index in [1.54, 1.807) is 6.26 Å². The zero-order valence-corrected chi connectivity index (χ0v) is 7.16. The normalized spacial score (nSPS) is 22.2. The van der Waals surface area contributed by atoms with Gasteiger partial charge >= 0.3 is 0 Å². The molecule has 12 heavy (non-hydrogen) atoms. The van der Waals surface area contributed by atoms with E-state index < -0.39 is 5.60 Å². The molecule has 1 aromatic rings. The SMILES string of the molecule is CC1(O)CN(Cc2ccco2)C1. The van der Waals surface area contributed by atoms with Gasteiger partial charge in [-0.05, 0) is 19.1 Å². The second kappa shape index (κ2) is 2.61. The number of likely N-dealkylation sites (tertiary alicyclic amines) is 1. The Morgan fingerprint density at radius 3 is 2.92 bits per heavy atom. The standard InChI is InChI=1S/C9H13NO2/c1-9(11)6-10(7-9)5-8-3-2-4-12-8/h2-4,11H,5-7H2,1H3. The van der Waals surface area contributed by atoms with Crippen molar-refractivity contribution in [2.24, 2.45) is 0 Å². The quantitative estimate of drug-likeness (QED) is 0.709. The Morgan fingerprint density at radius 1 is 1.67 bits per heavy atom. The molecule has 1 aliphatic rings. The molecule has 0 spiro atoms. The molecular formula is C9H13NO2. The number of aliphatic hydroxyl groups is 1. The summed E-state index contributed by atoms with van der Waals surface area (Å²) in [6.07, 6.45) is 1.67. The molecule has 2 rings (SSSR count). The zero-order chi connectivity index (χ0) is 8.60. The van der Waals surface area contributed by atoms with Crippen LogP contribution in [0.3, 0.4) is 0 Å². The highest BCUT2D eigenvalue weighted by Gasteiger charge is 2.36. The fourth-order valence-electron chi connectivity index (χ4n) is 1.65. The van der Waals surface area contributed by atoms with Crippen LogP contribution in [0.15, 0.2) is 22.8 Å². The van der Waals surface area contributed by atoms with E-state index in [2.05, 4.69) is 4.90 Å². The molecule has 0 unspecified atom stereocenters. The van der Waals surface area contributed by atoms with Crippen molar-refractivity contribution in [3.05, 3.63) is 24.2 Å². The highest BCUT2D eigenvalue weighted by atomic mass is 16.3. The lowest BCUT2D eigenvalue weighted by Crippen LogP contribution is -2.59. The minimum absolute atomic E-state index is 0.480. The first kappa shape index (κ1) is 7.83. The van der Waals surface area contributed by atoms with E-state index >= 15 is 0 Å². The van der Waals surface area contributed by atoms with Crippen molar-refractivity contribution < 1.29 is 9.52 Å². The summed E-state index contributed by atoms with van der Waals surface area (Å²) in [5.74, 6) is 0.963. The Kier molecular flexibility index (Phi) is 1.70. The van der Waals surface area contributed by atoms with E-state index in [-0.39, 0.29) is 0 Å². The Bertz CT molecular complexity index is 246. The molecule has 0 amide bonds. The van der Waals surface area contributed by atoms with Gasteiger partial charge in [-0.15, -0.1) is 0 Å². The van der Waals surface area contributed by atoms with Crippen molar-refractivity contribution in [2.75, 3.05) is 13.1 Å². The third kappa shape index (κ3) is 1.52. The maximum absolute atomic E-state index is 9.44. The molecule has 2 heterocycles. The van der Waals surface area contributed by atoms with Crippen molar-refractivity contribution in [3.63, 3.8) is 0 Å². The van der Waals surface area contributed by atoms with Crippen molar-refractivity contribution >= 4 is 0 Å². The van der Waals surface area contributed by atoms with Gasteiger partial charge in [-0.3, -0.25) is 4.90 Å². The van der Waals surface area contributed by atoms with Gasteiger partial charge in [0.25, 0.3) is 0 Å². The van der Waals surface area contributed by atoms with Crippen LogP contribution < -0.4 is 0 Å². The van der Waals surface area contributed by atoms with Crippen LogP contribution in [0.25, 0.3) is 0 Å². The van der Waals surface area contributed by atoms with Crippen LogP contribution in [0.1, 0.15) is 12.7 Å². The average molecular weight is 167 g/mol. The van der Waals surface area contributed by atoms with Crippen LogP contribution in [0.5, 0.6) is 0 Å². The summed E-state index contributed by atoms with van der Waals surface area (Å²) in [5.41, 5.74) is -0.480. The van der Waals surface area contributed by atoms with E-state index in [0.717, 1.165) is 25.4 Å². The molecule has 0 aromatic carbocycles. The van der Waals surface area contributed by atoms with E-state index in [1.165, 1.54) is 0 Å². The lowest BCUT2D eigenvalue weighted by atomic mass is 9.97. The molecule has 0 radical (unpaired) electrons. The predicted octanol–water partition coefficient (Wildman–Crippen LogP) is 0.846. The van der Waals surface area contributed by atoms with Crippen LogP contribution in [-0.2, 0) is 6.54 Å². The highest BCUT2D eigenvalue weighted by Crippen LogP contribution is 2.21. The molecule has 66 valence electrons. The van der Waals surface area contributed by atoms with Gasteiger partial charge in [0.2, 0.25) is 0 Å². The summed E-state index contributed by atoms with van der Waals surface area (Å²) >= 11 is 0. The van der Waals surface area contributed by atoms with E-state index in [1.807, 2.05) is 19.1 Å². The van der Waals surface area contributed by atoms with Crippen LogP contribution in [0.2, 0.25) is 0 Å². The zero-order valence-electron chi connectivity index (χ0n) is 7.16. The molecule has 3 heteroatoms. The molecule has 1 N–H and O–H groups in total. The Hall–Kier alpha value is -0.800. The Balaban J connectivity index is 1.84. The number of hydrogen-bond acceptors (Lipinski definition) is 3. The fraction of sp³-hybridized carbons (Fsp3) is 0.556. The van der Waals surface area contributed by atoms with E-state index in [9.17, 15) is 5.11 Å². The molecule has 1 aromatic heterocycles. The summed E-state index contributed by atoms with van der Waals surface area (Å²) in [4.78, 5) is 2.15. The minimum atomic E-state index is -0.480. The smallest absolute Gasteiger partial charge is 0.117 e. The first-order valence-corrected chi connectivity index (χ1v) is 4.13. The fourth-order valence-corrected chi connectivity index (χ4v) is 1.65. The van der Waals surface area contributed by atoms with E-state index in [0.29, 0.717) is 0 Å². The van der Waals surface area contributed by atoms with Crippen molar-refractivity contribution in [2.45, 2.75) is 19.1 Å². The monoisotopic (exact) mass is 167 g/mol. The molecule has 0 aliphatic carbocycles. The number of nitrogens with zero attached hydrogens (tertiary/aromatic N) is 1. The van der Waals surface area contributed by atoms with Crippen LogP contribution in [-0.4, -0.2) is 28.7 Å². The van der Waals surface area contributed by atoms with Crippen LogP contribution >= 0.6 is 0 Å². The van der Waals surface area contributed by atoms with Gasteiger partial charge in [0.05, 0.1) is 18.4 Å². The van der Waals surface area contributed by atoms with Gasteiger partial charge in [0.15, 0.2) is 0 Å². The topological polar surface area (TPSA) is 36.6 Å². The van der Waals surface area contributed by atoms with Crippen LogP contribution in [0.4, 0.5) is 0 Å². The number of β-amino-alcohol motifs (C(OH)–C–C–N with tert-alkyl or cyclic N) is 1. The first-order valence-electron chi connectivity index (χ1n) is 4.13. The molecule has 1 fully saturated rings. The molecular weight excluding hydrogens is 154 g/mol. The molecule has 3 nitrogen and oxygen atoms in total. The van der Waals surface area contributed by atoms with Gasteiger partial charge < -0.3 is 9.52 Å². The lowest BCUT2D eigenvalue weighted by molar-refractivity contribution is -0.0891. The third-order valence-electron chi connectivity index (χ3n) is 2.09. The minimum Gasteiger partial charge on any atom is -0.468 e. The first-order chi connectivity index (χ1) is 5.66. The van der Waals surface area contributed by atoms with Gasteiger partial charge in [-0.25, -0.2) is 0 Å². The molecule has 1 aliphatic heterocycles. The lowest BCUT2D eigenvalue weighted by Gasteiger charge is -2.43. The number of furan rings is 1. The second-order valence-corrected chi connectivity index (χ2v) is 3.72. The molecule has 1 saturated heterocycles. The van der Waals surface area contributed by atoms with Crippen LogP contribution in [0, 0.1) is 0 Å². The molecule has 0 bridgehead atoms.